The molecule has 86 valence electrons. The summed E-state index contributed by atoms with van der Waals surface area (Å²) in [7, 11) is 0. The van der Waals surface area contributed by atoms with E-state index in [0.717, 1.165) is 0 Å². The SMILES string of the molecule is CCOc1c(F)c(F)c(C#CF)c(F)c1F. The molecule has 0 N–H and O–H groups in total. The van der Waals surface area contributed by atoms with Crippen LogP contribution < -0.4 is 4.74 Å². The van der Waals surface area contributed by atoms with Crippen LogP contribution in [0, 0.1) is 35.4 Å². The highest BCUT2D eigenvalue weighted by molar-refractivity contribution is 5.42. The summed E-state index contributed by atoms with van der Waals surface area (Å²) in [4.78, 5) is 0. The minimum atomic E-state index is -1.78. The molecule has 16 heavy (non-hydrogen) atoms. The first kappa shape index (κ1) is 12.3. The van der Waals surface area contributed by atoms with Gasteiger partial charge >= 0.3 is 0 Å². The van der Waals surface area contributed by atoms with Crippen molar-refractivity contribution >= 4 is 0 Å². The Bertz CT molecular complexity index is 436. The Morgan fingerprint density at radius 1 is 1.00 bits per heavy atom. The van der Waals surface area contributed by atoms with Crippen molar-refractivity contribution in [2.24, 2.45) is 0 Å². The first-order valence-electron chi connectivity index (χ1n) is 4.14. The van der Waals surface area contributed by atoms with Crippen molar-refractivity contribution in [1.29, 1.82) is 0 Å². The highest BCUT2D eigenvalue weighted by atomic mass is 19.2. The zero-order valence-electron chi connectivity index (χ0n) is 8.01. The van der Waals surface area contributed by atoms with Crippen LogP contribution in [0.4, 0.5) is 22.0 Å². The van der Waals surface area contributed by atoms with E-state index in [-0.39, 0.29) is 6.61 Å². The fraction of sp³-hybridized carbons (Fsp3) is 0.200. The minimum absolute atomic E-state index is 0.180. The molecule has 0 saturated heterocycles. The number of hydrogen-bond acceptors (Lipinski definition) is 1. The topological polar surface area (TPSA) is 9.23 Å². The fourth-order valence-corrected chi connectivity index (χ4v) is 1.04. The lowest BCUT2D eigenvalue weighted by atomic mass is 10.1. The highest BCUT2D eigenvalue weighted by Crippen LogP contribution is 2.29. The van der Waals surface area contributed by atoms with Gasteiger partial charge in [0.1, 0.15) is 11.7 Å². The second kappa shape index (κ2) is 4.84. The summed E-state index contributed by atoms with van der Waals surface area (Å²) in [5, 5.41) is 0. The van der Waals surface area contributed by atoms with Crippen molar-refractivity contribution in [3.63, 3.8) is 0 Å². The lowest BCUT2D eigenvalue weighted by Crippen LogP contribution is -2.06. The van der Waals surface area contributed by atoms with Crippen LogP contribution in [-0.4, -0.2) is 6.61 Å². The summed E-state index contributed by atoms with van der Waals surface area (Å²) >= 11 is 0. The normalized spacial score (nSPS) is 9.62. The third-order valence-corrected chi connectivity index (χ3v) is 1.68. The summed E-state index contributed by atoms with van der Waals surface area (Å²) in [6, 6.07) is 0. The summed E-state index contributed by atoms with van der Waals surface area (Å²) in [6.07, 6.45) is 0.667. The van der Waals surface area contributed by atoms with Crippen molar-refractivity contribution in [3.8, 4) is 17.8 Å². The lowest BCUT2D eigenvalue weighted by Gasteiger charge is -2.08. The highest BCUT2D eigenvalue weighted by Gasteiger charge is 2.25. The van der Waals surface area contributed by atoms with Gasteiger partial charge in [0.2, 0.25) is 11.6 Å². The first-order valence-corrected chi connectivity index (χ1v) is 4.14. The number of rotatable bonds is 2. The third-order valence-electron chi connectivity index (χ3n) is 1.68. The molecule has 0 bridgehead atoms. The summed E-state index contributed by atoms with van der Waals surface area (Å²) in [5.74, 6) is -6.93. The molecular formula is C10H5F5O. The molecule has 1 rings (SSSR count). The van der Waals surface area contributed by atoms with E-state index in [4.69, 9.17) is 0 Å². The van der Waals surface area contributed by atoms with Gasteiger partial charge in [-0.05, 0) is 12.8 Å². The van der Waals surface area contributed by atoms with Gasteiger partial charge in [0.25, 0.3) is 0 Å². The largest absolute Gasteiger partial charge is 0.488 e. The molecule has 6 heteroatoms. The first-order chi connectivity index (χ1) is 7.54. The van der Waals surface area contributed by atoms with Crippen molar-refractivity contribution in [2.45, 2.75) is 6.92 Å². The molecule has 0 amide bonds. The van der Waals surface area contributed by atoms with Crippen LogP contribution in [0.3, 0.4) is 0 Å². The zero-order chi connectivity index (χ0) is 12.3. The van der Waals surface area contributed by atoms with Crippen LogP contribution in [0.1, 0.15) is 12.5 Å². The van der Waals surface area contributed by atoms with Crippen LogP contribution in [0.2, 0.25) is 0 Å². The van der Waals surface area contributed by atoms with Crippen LogP contribution in [-0.2, 0) is 0 Å². The van der Waals surface area contributed by atoms with Gasteiger partial charge < -0.3 is 4.74 Å². The maximum Gasteiger partial charge on any atom is 0.205 e. The molecular weight excluding hydrogens is 231 g/mol. The predicted molar refractivity (Wildman–Crippen MR) is 45.4 cm³/mol. The van der Waals surface area contributed by atoms with Gasteiger partial charge in [-0.1, -0.05) is 0 Å². The zero-order valence-corrected chi connectivity index (χ0v) is 8.01. The van der Waals surface area contributed by atoms with E-state index in [1.54, 1.807) is 0 Å². The van der Waals surface area contributed by atoms with Crippen molar-refractivity contribution < 1.29 is 26.7 Å². The summed E-state index contributed by atoms with van der Waals surface area (Å²) in [6.45, 7) is 1.20. The Morgan fingerprint density at radius 3 is 1.88 bits per heavy atom. The van der Waals surface area contributed by atoms with Crippen LogP contribution in [0.5, 0.6) is 5.75 Å². The maximum atomic E-state index is 13.1. The van der Waals surface area contributed by atoms with Gasteiger partial charge in [-0.3, -0.25) is 0 Å². The van der Waals surface area contributed by atoms with Gasteiger partial charge in [-0.25, -0.2) is 8.78 Å². The summed E-state index contributed by atoms with van der Waals surface area (Å²) in [5.41, 5.74) is -1.30. The monoisotopic (exact) mass is 236 g/mol. The van der Waals surface area contributed by atoms with E-state index in [2.05, 4.69) is 4.74 Å². The van der Waals surface area contributed by atoms with Gasteiger partial charge in [-0.15, -0.1) is 4.39 Å². The van der Waals surface area contributed by atoms with Gasteiger partial charge in [0, 0.05) is 0 Å². The molecule has 0 unspecified atom stereocenters. The molecule has 0 aliphatic heterocycles. The smallest absolute Gasteiger partial charge is 0.205 e. The van der Waals surface area contributed by atoms with Gasteiger partial charge in [0.15, 0.2) is 17.4 Å². The number of halogens is 5. The average Bonchev–Trinajstić information content (AvgIpc) is 2.28. The Labute approximate surface area is 87.8 Å². The van der Waals surface area contributed by atoms with Crippen molar-refractivity contribution in [3.05, 3.63) is 28.8 Å². The quantitative estimate of drug-likeness (QED) is 0.436. The maximum absolute atomic E-state index is 13.1. The van der Waals surface area contributed by atoms with E-state index in [0.29, 0.717) is 6.17 Å². The third kappa shape index (κ3) is 1.94. The second-order valence-corrected chi connectivity index (χ2v) is 2.61. The number of ether oxygens (including phenoxy) is 1. The molecule has 1 aromatic carbocycles. The van der Waals surface area contributed by atoms with E-state index in [1.165, 1.54) is 12.8 Å². The molecule has 0 fully saturated rings. The van der Waals surface area contributed by atoms with Crippen LogP contribution in [0.15, 0.2) is 0 Å². The molecule has 0 aromatic heterocycles. The molecule has 1 nitrogen and oxygen atoms in total. The van der Waals surface area contributed by atoms with Crippen LogP contribution in [0.25, 0.3) is 0 Å². The molecule has 0 aliphatic carbocycles. The lowest BCUT2D eigenvalue weighted by molar-refractivity contribution is 0.286. The Hall–Kier alpha value is -1.77. The van der Waals surface area contributed by atoms with Gasteiger partial charge in [0.05, 0.1) is 6.61 Å². The predicted octanol–water partition coefficient (Wildman–Crippen LogP) is 2.92. The minimum Gasteiger partial charge on any atom is -0.488 e. The molecule has 0 heterocycles. The standard InChI is InChI=1S/C10H5F5O/c1-2-16-10-8(14)6(12)5(3-4-11)7(13)9(10)15/h2H2,1H3. The van der Waals surface area contributed by atoms with E-state index in [9.17, 15) is 22.0 Å². The summed E-state index contributed by atoms with van der Waals surface area (Å²) < 4.78 is 68.4. The van der Waals surface area contributed by atoms with Crippen molar-refractivity contribution in [2.75, 3.05) is 6.61 Å². The molecule has 0 saturated carbocycles. The van der Waals surface area contributed by atoms with E-state index < -0.39 is 34.6 Å². The van der Waals surface area contributed by atoms with Gasteiger partial charge in [-0.2, -0.15) is 8.78 Å². The molecule has 0 spiro atoms. The Morgan fingerprint density at radius 2 is 1.50 bits per heavy atom. The molecule has 0 aliphatic rings. The molecule has 0 atom stereocenters. The van der Waals surface area contributed by atoms with Crippen molar-refractivity contribution in [1.82, 2.24) is 0 Å². The Balaban J connectivity index is 3.53. The number of benzene rings is 1. The van der Waals surface area contributed by atoms with E-state index >= 15 is 0 Å². The Kier molecular flexibility index (Phi) is 3.72. The average molecular weight is 236 g/mol. The number of hydrogen-bond donors (Lipinski definition) is 0. The van der Waals surface area contributed by atoms with E-state index in [1.807, 2.05) is 0 Å². The fourth-order valence-electron chi connectivity index (χ4n) is 1.04. The van der Waals surface area contributed by atoms with Crippen LogP contribution >= 0.6 is 0 Å². The second-order valence-electron chi connectivity index (χ2n) is 2.61. The molecule has 0 radical (unpaired) electrons. The molecule has 1 aromatic rings.